The smallest absolute Gasteiger partial charge is 0.433 e. The minimum absolute atomic E-state index is 0.0873. The second-order valence-corrected chi connectivity index (χ2v) is 13.1. The number of carboxylic acid groups (broad SMARTS) is 1. The lowest BCUT2D eigenvalue weighted by molar-refractivity contribution is -0.152. The molecule has 5 rings (SSSR count). The number of hydrogen-bond acceptors (Lipinski definition) is 4. The van der Waals surface area contributed by atoms with Gasteiger partial charge in [0.25, 0.3) is 5.91 Å². The van der Waals surface area contributed by atoms with Gasteiger partial charge < -0.3 is 15.1 Å². The number of carbonyl (C=O) groups excluding carboxylic acids is 1. The summed E-state index contributed by atoms with van der Waals surface area (Å²) in [6.45, 7) is 0.515. The van der Waals surface area contributed by atoms with Crippen LogP contribution in [-0.4, -0.2) is 55.5 Å². The number of rotatable bonds is 8. The number of aliphatic hydroxyl groups excluding tert-OH is 1. The minimum atomic E-state index is -4.98. The van der Waals surface area contributed by atoms with E-state index < -0.39 is 65.6 Å². The first-order chi connectivity index (χ1) is 19.1. The topological polar surface area (TPSA) is 95.7 Å². The van der Waals surface area contributed by atoms with Crippen LogP contribution in [0.5, 0.6) is 0 Å². The van der Waals surface area contributed by atoms with Gasteiger partial charge in [-0.25, -0.2) is 4.39 Å². The Balaban J connectivity index is 1.46. The second-order valence-electron chi connectivity index (χ2n) is 12.3. The van der Waals surface area contributed by atoms with E-state index in [2.05, 4.69) is 5.10 Å². The van der Waals surface area contributed by atoms with Gasteiger partial charge in [-0.15, -0.1) is 0 Å². The van der Waals surface area contributed by atoms with Crippen LogP contribution in [0.1, 0.15) is 92.1 Å². The molecule has 0 radical (unpaired) electrons. The van der Waals surface area contributed by atoms with E-state index in [9.17, 15) is 33.0 Å². The van der Waals surface area contributed by atoms with Crippen molar-refractivity contribution in [1.29, 1.82) is 0 Å². The maximum absolute atomic E-state index is 15.7. The molecule has 1 aromatic carbocycles. The molecule has 0 bridgehead atoms. The zero-order chi connectivity index (χ0) is 30.0. The van der Waals surface area contributed by atoms with Crippen LogP contribution in [0.3, 0.4) is 0 Å². The van der Waals surface area contributed by atoms with Crippen LogP contribution in [0.2, 0.25) is 10.0 Å². The zero-order valence-corrected chi connectivity index (χ0v) is 23.9. The molecular formula is C28H31Cl2F4N3O4. The van der Waals surface area contributed by atoms with Gasteiger partial charge in [-0.2, -0.15) is 18.3 Å². The van der Waals surface area contributed by atoms with E-state index in [1.54, 1.807) is 13.0 Å². The Labute approximate surface area is 244 Å². The molecule has 224 valence electrons. The fourth-order valence-electron chi connectivity index (χ4n) is 6.57. The van der Waals surface area contributed by atoms with Crippen molar-refractivity contribution in [3.8, 4) is 0 Å². The predicted molar refractivity (Wildman–Crippen MR) is 143 cm³/mol. The molecule has 0 aliphatic heterocycles. The molecule has 1 unspecified atom stereocenters. The number of alkyl halides is 4. The lowest BCUT2D eigenvalue weighted by Gasteiger charge is -2.45. The molecule has 3 aliphatic rings. The van der Waals surface area contributed by atoms with Crippen molar-refractivity contribution in [2.24, 2.45) is 10.8 Å². The quantitative estimate of drug-likeness (QED) is 0.314. The molecule has 1 spiro atoms. The lowest BCUT2D eigenvalue weighted by atomic mass is 9.69. The van der Waals surface area contributed by atoms with Gasteiger partial charge in [0, 0.05) is 15.6 Å². The monoisotopic (exact) mass is 619 g/mol. The maximum atomic E-state index is 15.7. The summed E-state index contributed by atoms with van der Waals surface area (Å²) in [7, 11) is 0. The average molecular weight is 620 g/mol. The van der Waals surface area contributed by atoms with E-state index in [0.29, 0.717) is 0 Å². The van der Waals surface area contributed by atoms with Crippen molar-refractivity contribution < 1.29 is 37.4 Å². The Morgan fingerprint density at radius 3 is 2.24 bits per heavy atom. The molecule has 2 N–H and O–H groups in total. The van der Waals surface area contributed by atoms with E-state index in [1.165, 1.54) is 12.1 Å². The number of aliphatic hydroxyl groups is 1. The number of hydrogen-bond donors (Lipinski definition) is 2. The third-order valence-corrected chi connectivity index (χ3v) is 9.70. The summed E-state index contributed by atoms with van der Waals surface area (Å²) in [5, 5.41) is 24.6. The predicted octanol–water partition coefficient (Wildman–Crippen LogP) is 6.87. The van der Waals surface area contributed by atoms with Crippen molar-refractivity contribution >= 4 is 35.1 Å². The summed E-state index contributed by atoms with van der Waals surface area (Å²) >= 11 is 12.4. The van der Waals surface area contributed by atoms with Crippen molar-refractivity contribution in [3.63, 3.8) is 0 Å². The first-order valence-corrected chi connectivity index (χ1v) is 14.3. The van der Waals surface area contributed by atoms with Crippen molar-refractivity contribution in [3.05, 3.63) is 51.3 Å². The minimum Gasteiger partial charge on any atom is -0.481 e. The Bertz CT molecular complexity index is 1320. The van der Waals surface area contributed by atoms with Crippen molar-refractivity contribution in [2.45, 2.75) is 82.3 Å². The summed E-state index contributed by atoms with van der Waals surface area (Å²) in [5.41, 5.74) is -4.89. The van der Waals surface area contributed by atoms with Crippen molar-refractivity contribution in [1.82, 2.24) is 14.7 Å². The normalized spacial score (nSPS) is 25.4. The molecule has 3 fully saturated rings. The van der Waals surface area contributed by atoms with E-state index in [4.69, 9.17) is 23.2 Å². The number of carbonyl (C=O) groups is 2. The van der Waals surface area contributed by atoms with Gasteiger partial charge in [0.2, 0.25) is 0 Å². The molecule has 0 saturated heterocycles. The third kappa shape index (κ3) is 5.82. The lowest BCUT2D eigenvalue weighted by Crippen LogP contribution is -2.52. The summed E-state index contributed by atoms with van der Waals surface area (Å²) in [5.74, 6) is -2.13. The van der Waals surface area contributed by atoms with Gasteiger partial charge in [-0.05, 0) is 75.8 Å². The number of carboxylic acids is 1. The number of aromatic nitrogens is 2. The molecular weight excluding hydrogens is 589 g/mol. The highest BCUT2D eigenvalue weighted by Crippen LogP contribution is 2.66. The molecule has 41 heavy (non-hydrogen) atoms. The number of amides is 1. The second kappa shape index (κ2) is 10.4. The third-order valence-electron chi connectivity index (χ3n) is 9.04. The SMILES string of the molecule is CC1(C(=O)O)CCC(n2ncc(C(=O)N(CC(O)c3c(Cl)cccc3Cl)CC3(F)CC4(CC4)C3)c2C(F)(F)F)CC1. The Hall–Kier alpha value is -2.37. The highest BCUT2D eigenvalue weighted by molar-refractivity contribution is 6.36. The zero-order valence-electron chi connectivity index (χ0n) is 22.4. The van der Waals surface area contributed by atoms with Gasteiger partial charge in [-0.3, -0.25) is 14.3 Å². The standard InChI is InChI=1S/C28H31Cl2F4N3O4/c1-25(24(40)41)7-5-16(6-8-25)37-22(28(32,33)34)17(11-35-37)23(39)36(15-27(31)13-26(14-27)9-10-26)12-20(38)21-18(29)3-2-4-19(21)30/h2-4,11,16,20,38H,5-10,12-15H2,1H3,(H,40,41). The first-order valence-electron chi connectivity index (χ1n) is 13.5. The molecule has 1 atom stereocenters. The molecule has 1 amide bonds. The highest BCUT2D eigenvalue weighted by atomic mass is 35.5. The fourth-order valence-corrected chi connectivity index (χ4v) is 7.22. The van der Waals surface area contributed by atoms with E-state index in [0.717, 1.165) is 28.6 Å². The van der Waals surface area contributed by atoms with E-state index in [1.807, 2.05) is 0 Å². The molecule has 1 heterocycles. The number of halogens is 6. The Kier molecular flexibility index (Phi) is 7.65. The summed E-state index contributed by atoms with van der Waals surface area (Å²) < 4.78 is 59.9. The first kappa shape index (κ1) is 30.1. The number of aliphatic carboxylic acids is 1. The summed E-state index contributed by atoms with van der Waals surface area (Å²) in [4.78, 5) is 26.3. The molecule has 13 heteroatoms. The molecule has 7 nitrogen and oxygen atoms in total. The van der Waals surface area contributed by atoms with E-state index >= 15 is 4.39 Å². The van der Waals surface area contributed by atoms with Crippen molar-refractivity contribution in [2.75, 3.05) is 13.1 Å². The van der Waals surface area contributed by atoms with Crippen LogP contribution in [0.4, 0.5) is 17.6 Å². The van der Waals surface area contributed by atoms with Crippen LogP contribution in [0.25, 0.3) is 0 Å². The molecule has 1 aromatic heterocycles. The van der Waals surface area contributed by atoms with Gasteiger partial charge in [0.05, 0.1) is 42.4 Å². The molecule has 3 aliphatic carbocycles. The van der Waals surface area contributed by atoms with Crippen LogP contribution in [0, 0.1) is 10.8 Å². The average Bonchev–Trinajstić information content (AvgIpc) is 3.48. The van der Waals surface area contributed by atoms with Crippen LogP contribution >= 0.6 is 23.2 Å². The maximum Gasteiger partial charge on any atom is 0.433 e. The van der Waals surface area contributed by atoms with Crippen LogP contribution < -0.4 is 0 Å². The van der Waals surface area contributed by atoms with Gasteiger partial charge in [-0.1, -0.05) is 29.3 Å². The van der Waals surface area contributed by atoms with Crippen LogP contribution in [-0.2, 0) is 11.0 Å². The van der Waals surface area contributed by atoms with Gasteiger partial charge >= 0.3 is 12.1 Å². The fraction of sp³-hybridized carbons (Fsp3) is 0.607. The molecule has 2 aromatic rings. The number of benzene rings is 1. The Morgan fingerprint density at radius 2 is 1.73 bits per heavy atom. The molecule has 3 saturated carbocycles. The van der Waals surface area contributed by atoms with E-state index in [-0.39, 0.29) is 59.5 Å². The van der Waals surface area contributed by atoms with Gasteiger partial charge in [0.15, 0.2) is 5.69 Å². The summed E-state index contributed by atoms with van der Waals surface area (Å²) in [6, 6.07) is 3.74. The highest BCUT2D eigenvalue weighted by Gasteiger charge is 2.62. The largest absolute Gasteiger partial charge is 0.481 e. The van der Waals surface area contributed by atoms with Crippen LogP contribution in [0.15, 0.2) is 24.4 Å². The Morgan fingerprint density at radius 1 is 1.15 bits per heavy atom. The van der Waals surface area contributed by atoms with Gasteiger partial charge in [0.1, 0.15) is 5.67 Å². The number of nitrogens with zero attached hydrogens (tertiary/aromatic N) is 3. The summed E-state index contributed by atoms with van der Waals surface area (Å²) in [6.07, 6.45) is -2.95.